The number of unbranched alkanes of at least 4 members (excludes halogenated alkanes) is 2. The zero-order chi connectivity index (χ0) is 33.1. The predicted octanol–water partition coefficient (Wildman–Crippen LogP) is 7.50. The van der Waals surface area contributed by atoms with Gasteiger partial charge in [0.1, 0.15) is 23.4 Å². The quantitative estimate of drug-likeness (QED) is 0.0408. The first kappa shape index (κ1) is 32.5. The molecule has 0 spiro atoms. The minimum Gasteiger partial charge on any atom is -0.507 e. The molecule has 1 N–H and O–H groups in total. The Bertz CT molecular complexity index is 1840. The van der Waals surface area contributed by atoms with Crippen LogP contribution in [0.2, 0.25) is 0 Å². The Hall–Kier alpha value is -4.42. The second-order valence-corrected chi connectivity index (χ2v) is 13.5. The van der Waals surface area contributed by atoms with E-state index in [0.29, 0.717) is 51.3 Å². The summed E-state index contributed by atoms with van der Waals surface area (Å²) in [6.07, 6.45) is 3.63. The molecule has 1 fully saturated rings. The van der Waals surface area contributed by atoms with E-state index in [-0.39, 0.29) is 28.4 Å². The molecule has 6 rings (SSSR count). The van der Waals surface area contributed by atoms with Crippen molar-refractivity contribution in [2.45, 2.75) is 61.8 Å². The van der Waals surface area contributed by atoms with Crippen LogP contribution in [0.15, 0.2) is 70.6 Å². The van der Waals surface area contributed by atoms with Gasteiger partial charge in [0.2, 0.25) is 5.13 Å². The van der Waals surface area contributed by atoms with E-state index >= 15 is 0 Å². The summed E-state index contributed by atoms with van der Waals surface area (Å²) in [5.41, 5.74) is 2.23. The first-order valence-corrected chi connectivity index (χ1v) is 17.2. The molecule has 0 aliphatic carbocycles. The van der Waals surface area contributed by atoms with Crippen LogP contribution in [0.1, 0.15) is 61.4 Å². The third-order valence-electron chi connectivity index (χ3n) is 8.03. The summed E-state index contributed by atoms with van der Waals surface area (Å²) in [7, 11) is 1.52. The van der Waals surface area contributed by atoms with Crippen LogP contribution >= 0.6 is 23.1 Å². The number of aromatic nitrogens is 2. The number of rotatable bonds is 12. The summed E-state index contributed by atoms with van der Waals surface area (Å²) < 4.78 is 32.2. The number of amides is 1. The van der Waals surface area contributed by atoms with Crippen molar-refractivity contribution in [1.29, 1.82) is 0 Å². The van der Waals surface area contributed by atoms with E-state index in [2.05, 4.69) is 17.1 Å². The molecule has 2 aliphatic heterocycles. The lowest BCUT2D eigenvalue weighted by molar-refractivity contribution is -0.132. The molecule has 0 saturated carbocycles. The van der Waals surface area contributed by atoms with Crippen LogP contribution in [0.4, 0.5) is 9.52 Å². The number of carbonyl (C=O) groups is 2. The third kappa shape index (κ3) is 6.70. The third-order valence-corrected chi connectivity index (χ3v) is 10.1. The molecule has 4 aromatic rings. The minimum atomic E-state index is -1.04. The van der Waals surface area contributed by atoms with Crippen LogP contribution in [0.25, 0.3) is 5.76 Å². The SMILES string of the molecule is CCCCCOc1ccc(C2/C(=C(\O)c3ccc4c(c3)CC(C)O4)C(=O)C(=O)N2c2nnc(SCc3ccccc3F)s2)cc1OC. The molecule has 47 heavy (non-hydrogen) atoms. The maximum absolute atomic E-state index is 14.2. The van der Waals surface area contributed by atoms with Gasteiger partial charge in [-0.3, -0.25) is 14.5 Å². The highest BCUT2D eigenvalue weighted by Crippen LogP contribution is 2.46. The highest BCUT2D eigenvalue weighted by Gasteiger charge is 2.48. The monoisotopic (exact) mass is 675 g/mol. The van der Waals surface area contributed by atoms with E-state index in [1.807, 2.05) is 6.92 Å². The lowest BCUT2D eigenvalue weighted by Crippen LogP contribution is -2.29. The van der Waals surface area contributed by atoms with Crippen LogP contribution in [-0.2, 0) is 21.8 Å². The normalized spacial score (nSPS) is 18.3. The Morgan fingerprint density at radius 1 is 1.11 bits per heavy atom. The van der Waals surface area contributed by atoms with Gasteiger partial charge in [0.25, 0.3) is 5.78 Å². The van der Waals surface area contributed by atoms with Crippen LogP contribution in [0, 0.1) is 5.82 Å². The van der Waals surface area contributed by atoms with E-state index in [9.17, 15) is 19.1 Å². The van der Waals surface area contributed by atoms with E-state index in [1.54, 1.807) is 54.6 Å². The fourth-order valence-corrected chi connectivity index (χ4v) is 7.54. The molecule has 3 heterocycles. The van der Waals surface area contributed by atoms with Gasteiger partial charge in [0.15, 0.2) is 15.8 Å². The van der Waals surface area contributed by atoms with Crippen molar-refractivity contribution in [2.75, 3.05) is 18.6 Å². The van der Waals surface area contributed by atoms with Crippen LogP contribution in [-0.4, -0.2) is 46.8 Å². The average molecular weight is 676 g/mol. The van der Waals surface area contributed by atoms with E-state index < -0.39 is 17.7 Å². The molecular weight excluding hydrogens is 642 g/mol. The zero-order valence-electron chi connectivity index (χ0n) is 26.2. The van der Waals surface area contributed by atoms with Crippen molar-refractivity contribution in [3.63, 3.8) is 0 Å². The Balaban J connectivity index is 1.39. The van der Waals surface area contributed by atoms with Crippen molar-refractivity contribution in [3.8, 4) is 17.2 Å². The van der Waals surface area contributed by atoms with Crippen molar-refractivity contribution in [1.82, 2.24) is 10.2 Å². The summed E-state index contributed by atoms with van der Waals surface area (Å²) in [6.45, 7) is 4.59. The highest BCUT2D eigenvalue weighted by atomic mass is 32.2. The Kier molecular flexibility index (Phi) is 9.79. The van der Waals surface area contributed by atoms with Gasteiger partial charge in [-0.25, -0.2) is 4.39 Å². The molecule has 1 saturated heterocycles. The number of benzene rings is 3. The van der Waals surface area contributed by atoms with Gasteiger partial charge in [-0.1, -0.05) is 67.1 Å². The molecule has 2 aliphatic rings. The van der Waals surface area contributed by atoms with Gasteiger partial charge in [0, 0.05) is 17.7 Å². The van der Waals surface area contributed by atoms with Crippen LogP contribution in [0.3, 0.4) is 0 Å². The average Bonchev–Trinajstić information content (AvgIpc) is 3.77. The number of fused-ring (bicyclic) bond motifs is 1. The summed E-state index contributed by atoms with van der Waals surface area (Å²) in [6, 6.07) is 15.8. The van der Waals surface area contributed by atoms with Gasteiger partial charge in [-0.05, 0) is 66.4 Å². The molecule has 244 valence electrons. The number of ether oxygens (including phenoxy) is 3. The minimum absolute atomic E-state index is 0.00833. The number of hydrogen-bond acceptors (Lipinski definition) is 10. The fraction of sp³-hybridized carbons (Fsp3) is 0.314. The van der Waals surface area contributed by atoms with Gasteiger partial charge in [0.05, 0.1) is 25.3 Å². The van der Waals surface area contributed by atoms with Crippen LogP contribution in [0.5, 0.6) is 17.2 Å². The molecule has 3 aromatic carbocycles. The van der Waals surface area contributed by atoms with Crippen molar-refractivity contribution in [3.05, 3.63) is 94.3 Å². The number of methoxy groups -OCH3 is 1. The molecule has 0 radical (unpaired) electrons. The van der Waals surface area contributed by atoms with E-state index in [0.717, 1.165) is 41.9 Å². The number of ketones is 1. The summed E-state index contributed by atoms with van der Waals surface area (Å²) >= 11 is 2.38. The standard InChI is InChI=1S/C35H34FN3O6S2/c1-4-5-8-15-44-27-14-11-21(18-28(27)43-3)30-29(31(40)22-12-13-26-24(17-22)16-20(2)45-26)32(41)33(42)39(30)34-37-38-35(47-34)46-19-23-9-6-7-10-25(23)36/h6-7,9-14,17-18,20,30,40H,4-5,8,15-16,19H2,1-3H3/b31-29+. The number of anilines is 1. The fourth-order valence-electron chi connectivity index (χ4n) is 5.69. The number of aliphatic hydroxyl groups is 1. The molecule has 2 unspecified atom stereocenters. The smallest absolute Gasteiger partial charge is 0.301 e. The maximum atomic E-state index is 14.2. The first-order chi connectivity index (χ1) is 22.8. The maximum Gasteiger partial charge on any atom is 0.301 e. The highest BCUT2D eigenvalue weighted by molar-refractivity contribution is 8.00. The van der Waals surface area contributed by atoms with E-state index in [1.165, 1.54) is 29.8 Å². The van der Waals surface area contributed by atoms with Crippen LogP contribution < -0.4 is 19.1 Å². The number of hydrogen-bond donors (Lipinski definition) is 1. The number of halogens is 1. The first-order valence-electron chi connectivity index (χ1n) is 15.4. The molecule has 1 aromatic heterocycles. The Morgan fingerprint density at radius 2 is 1.94 bits per heavy atom. The largest absolute Gasteiger partial charge is 0.507 e. The number of nitrogens with zero attached hydrogens (tertiary/aromatic N) is 3. The van der Waals surface area contributed by atoms with E-state index in [4.69, 9.17) is 14.2 Å². The number of thioether (sulfide) groups is 1. The second-order valence-electron chi connectivity index (χ2n) is 11.3. The Morgan fingerprint density at radius 3 is 2.72 bits per heavy atom. The van der Waals surface area contributed by atoms with Crippen molar-refractivity contribution >= 4 is 45.7 Å². The molecular formula is C35H34FN3O6S2. The molecule has 2 atom stereocenters. The number of aliphatic hydroxyl groups excluding tert-OH is 1. The second kappa shape index (κ2) is 14.1. The lowest BCUT2D eigenvalue weighted by atomic mass is 9.94. The molecule has 1 amide bonds. The van der Waals surface area contributed by atoms with Gasteiger partial charge in [-0.2, -0.15) is 0 Å². The molecule has 0 bridgehead atoms. The van der Waals surface area contributed by atoms with Crippen molar-refractivity contribution < 1.29 is 33.3 Å². The van der Waals surface area contributed by atoms with Gasteiger partial charge < -0.3 is 19.3 Å². The van der Waals surface area contributed by atoms with Gasteiger partial charge in [-0.15, -0.1) is 10.2 Å². The van der Waals surface area contributed by atoms with Gasteiger partial charge >= 0.3 is 5.91 Å². The number of carbonyl (C=O) groups excluding carboxylic acids is 2. The number of Topliss-reactive ketones (excluding diaryl/α,β-unsaturated/α-hetero) is 1. The van der Waals surface area contributed by atoms with Crippen molar-refractivity contribution in [2.24, 2.45) is 0 Å². The lowest BCUT2D eigenvalue weighted by Gasteiger charge is -2.23. The summed E-state index contributed by atoms with van der Waals surface area (Å²) in [5, 5.41) is 20.4. The zero-order valence-corrected chi connectivity index (χ0v) is 27.8. The topological polar surface area (TPSA) is 111 Å². The summed E-state index contributed by atoms with van der Waals surface area (Å²) in [5.74, 6) is -0.361. The Labute approximate surface area is 280 Å². The predicted molar refractivity (Wildman–Crippen MR) is 179 cm³/mol. The molecule has 9 nitrogen and oxygen atoms in total. The molecule has 12 heteroatoms. The summed E-state index contributed by atoms with van der Waals surface area (Å²) in [4.78, 5) is 28.8.